The van der Waals surface area contributed by atoms with Crippen LogP contribution in [0.3, 0.4) is 0 Å². The van der Waals surface area contributed by atoms with E-state index in [4.69, 9.17) is 5.11 Å². The quantitative estimate of drug-likeness (QED) is 0.742. The Kier molecular flexibility index (Phi) is 7.06. The van der Waals surface area contributed by atoms with Crippen molar-refractivity contribution in [2.45, 2.75) is 49.5 Å². The highest BCUT2D eigenvalue weighted by atomic mass is 32.2. The molecule has 1 unspecified atom stereocenters. The normalized spacial score (nSPS) is 17.1. The maximum Gasteiger partial charge on any atom is 0.426 e. The lowest BCUT2D eigenvalue weighted by Crippen LogP contribution is -2.16. The number of benzene rings is 1. The Hall–Kier alpha value is -1.20. The summed E-state index contributed by atoms with van der Waals surface area (Å²) in [5, 5.41) is 22.0. The van der Waals surface area contributed by atoms with Gasteiger partial charge in [0.05, 0.1) is 6.10 Å². The summed E-state index contributed by atoms with van der Waals surface area (Å²) >= 11 is 1.86. The SMILES string of the molecule is O=C(O)[N]CCC(O)c1cccc(SCC2CCCCC2)c1. The van der Waals surface area contributed by atoms with Gasteiger partial charge in [-0.05, 0) is 42.9 Å². The zero-order valence-electron chi connectivity index (χ0n) is 12.8. The first kappa shape index (κ1) is 17.2. The summed E-state index contributed by atoms with van der Waals surface area (Å²) in [5.74, 6) is 1.97. The molecule has 1 saturated carbocycles. The molecule has 0 saturated heterocycles. The third kappa shape index (κ3) is 5.89. The van der Waals surface area contributed by atoms with Crippen LogP contribution >= 0.6 is 11.8 Å². The number of nitrogens with zero attached hydrogens (tertiary/aromatic N) is 1. The number of aliphatic hydroxyl groups excluding tert-OH is 1. The first-order chi connectivity index (χ1) is 10.6. The van der Waals surface area contributed by atoms with Crippen molar-refractivity contribution in [2.24, 2.45) is 5.92 Å². The molecule has 0 bridgehead atoms. The van der Waals surface area contributed by atoms with Gasteiger partial charge in [0.2, 0.25) is 0 Å². The predicted octanol–water partition coefficient (Wildman–Crippen LogP) is 4.06. The monoisotopic (exact) mass is 322 g/mol. The van der Waals surface area contributed by atoms with Gasteiger partial charge in [-0.1, -0.05) is 31.4 Å². The molecule has 1 aromatic carbocycles. The van der Waals surface area contributed by atoms with E-state index in [-0.39, 0.29) is 6.54 Å². The first-order valence-electron chi connectivity index (χ1n) is 7.96. The molecule has 22 heavy (non-hydrogen) atoms. The fourth-order valence-corrected chi connectivity index (χ4v) is 3.98. The predicted molar refractivity (Wildman–Crippen MR) is 88.3 cm³/mol. The summed E-state index contributed by atoms with van der Waals surface area (Å²) < 4.78 is 0. The molecule has 1 aliphatic rings. The molecule has 0 aromatic heterocycles. The van der Waals surface area contributed by atoms with Gasteiger partial charge in [-0.3, -0.25) is 0 Å². The molecule has 0 spiro atoms. The van der Waals surface area contributed by atoms with E-state index in [0.29, 0.717) is 6.42 Å². The van der Waals surface area contributed by atoms with E-state index < -0.39 is 12.2 Å². The van der Waals surface area contributed by atoms with Crippen LogP contribution in [-0.4, -0.2) is 28.6 Å². The van der Waals surface area contributed by atoms with Crippen LogP contribution in [0, 0.1) is 5.92 Å². The second-order valence-electron chi connectivity index (χ2n) is 5.86. The Bertz CT molecular complexity index is 475. The van der Waals surface area contributed by atoms with Crippen LogP contribution in [0.5, 0.6) is 0 Å². The molecule has 1 radical (unpaired) electrons. The first-order valence-corrected chi connectivity index (χ1v) is 8.95. The molecule has 1 aromatic rings. The summed E-state index contributed by atoms with van der Waals surface area (Å²) in [7, 11) is 0. The number of carboxylic acid groups (broad SMARTS) is 1. The van der Waals surface area contributed by atoms with E-state index >= 15 is 0 Å². The van der Waals surface area contributed by atoms with Crippen LogP contribution in [0.1, 0.15) is 50.2 Å². The van der Waals surface area contributed by atoms with Crippen LogP contribution < -0.4 is 5.32 Å². The molecule has 121 valence electrons. The fraction of sp³-hybridized carbons (Fsp3) is 0.588. The van der Waals surface area contributed by atoms with E-state index in [1.165, 1.54) is 37.0 Å². The molecule has 0 aliphatic heterocycles. The minimum Gasteiger partial charge on any atom is -0.464 e. The van der Waals surface area contributed by atoms with Gasteiger partial charge in [0.25, 0.3) is 0 Å². The lowest BCUT2D eigenvalue weighted by atomic mass is 9.91. The average molecular weight is 322 g/mol. The van der Waals surface area contributed by atoms with Crippen molar-refractivity contribution in [1.82, 2.24) is 5.32 Å². The van der Waals surface area contributed by atoms with Gasteiger partial charge in [0, 0.05) is 17.2 Å². The number of rotatable bonds is 7. The Morgan fingerprint density at radius 2 is 2.09 bits per heavy atom. The van der Waals surface area contributed by atoms with Gasteiger partial charge < -0.3 is 10.2 Å². The fourth-order valence-electron chi connectivity index (χ4n) is 2.83. The molecule has 2 N–H and O–H groups in total. The average Bonchev–Trinajstić information content (AvgIpc) is 2.54. The van der Waals surface area contributed by atoms with Crippen molar-refractivity contribution in [3.8, 4) is 0 Å². The third-order valence-corrected chi connectivity index (χ3v) is 5.33. The maximum absolute atomic E-state index is 10.4. The molecule has 4 nitrogen and oxygen atoms in total. The summed E-state index contributed by atoms with van der Waals surface area (Å²) in [6, 6.07) is 7.93. The highest BCUT2D eigenvalue weighted by Gasteiger charge is 2.14. The van der Waals surface area contributed by atoms with Crippen molar-refractivity contribution >= 4 is 17.9 Å². The maximum atomic E-state index is 10.4. The number of amides is 1. The van der Waals surface area contributed by atoms with E-state index in [1.54, 1.807) is 0 Å². The van der Waals surface area contributed by atoms with Crippen LogP contribution in [0.2, 0.25) is 0 Å². The third-order valence-electron chi connectivity index (χ3n) is 4.10. The number of carbonyl (C=O) groups is 1. The molecule has 1 aliphatic carbocycles. The lowest BCUT2D eigenvalue weighted by molar-refractivity contribution is 0.161. The van der Waals surface area contributed by atoms with Crippen LogP contribution in [0.15, 0.2) is 29.2 Å². The van der Waals surface area contributed by atoms with Gasteiger partial charge in [-0.2, -0.15) is 0 Å². The Labute approximate surface area is 136 Å². The van der Waals surface area contributed by atoms with Crippen molar-refractivity contribution in [2.75, 3.05) is 12.3 Å². The highest BCUT2D eigenvalue weighted by molar-refractivity contribution is 7.99. The van der Waals surface area contributed by atoms with E-state index in [9.17, 15) is 9.90 Å². The molecule has 1 amide bonds. The Balaban J connectivity index is 1.81. The summed E-state index contributed by atoms with van der Waals surface area (Å²) in [5.41, 5.74) is 0.842. The molecule has 0 heterocycles. The van der Waals surface area contributed by atoms with Gasteiger partial charge in [-0.15, -0.1) is 11.8 Å². The van der Waals surface area contributed by atoms with Crippen molar-refractivity contribution in [3.63, 3.8) is 0 Å². The molecular weight excluding hydrogens is 298 g/mol. The smallest absolute Gasteiger partial charge is 0.426 e. The number of hydrogen-bond donors (Lipinski definition) is 2. The van der Waals surface area contributed by atoms with E-state index in [0.717, 1.165) is 17.2 Å². The molecule has 5 heteroatoms. The number of hydrogen-bond acceptors (Lipinski definition) is 3. The summed E-state index contributed by atoms with van der Waals surface area (Å²) in [6.07, 6.45) is 5.28. The van der Waals surface area contributed by atoms with E-state index in [2.05, 4.69) is 11.4 Å². The zero-order chi connectivity index (χ0) is 15.8. The topological polar surface area (TPSA) is 71.6 Å². The molecule has 1 atom stereocenters. The standard InChI is InChI=1S/C17H24NO3S/c19-16(9-10-18-17(20)21)14-7-4-8-15(11-14)22-12-13-5-2-1-3-6-13/h4,7-8,11,13,16,19H,1-3,5-6,9-10,12H2,(H,20,21). The zero-order valence-corrected chi connectivity index (χ0v) is 13.6. The molecule has 2 rings (SSSR count). The molecule has 1 fully saturated rings. The molecular formula is C17H24NO3S. The largest absolute Gasteiger partial charge is 0.464 e. The van der Waals surface area contributed by atoms with Gasteiger partial charge in [0.15, 0.2) is 0 Å². The van der Waals surface area contributed by atoms with Crippen LogP contribution in [-0.2, 0) is 0 Å². The van der Waals surface area contributed by atoms with Crippen molar-refractivity contribution < 1.29 is 15.0 Å². The van der Waals surface area contributed by atoms with E-state index in [1.807, 2.05) is 30.0 Å². The van der Waals surface area contributed by atoms with Gasteiger partial charge >= 0.3 is 6.09 Å². The van der Waals surface area contributed by atoms with Crippen LogP contribution in [0.4, 0.5) is 4.79 Å². The van der Waals surface area contributed by atoms with Crippen molar-refractivity contribution in [3.05, 3.63) is 29.8 Å². The second kappa shape index (κ2) is 9.06. The van der Waals surface area contributed by atoms with Gasteiger partial charge in [0.1, 0.15) is 0 Å². The second-order valence-corrected chi connectivity index (χ2v) is 6.95. The Morgan fingerprint density at radius 1 is 1.32 bits per heavy atom. The summed E-state index contributed by atoms with van der Waals surface area (Å²) in [4.78, 5) is 11.5. The minimum absolute atomic E-state index is 0.135. The van der Waals surface area contributed by atoms with Crippen molar-refractivity contribution in [1.29, 1.82) is 0 Å². The lowest BCUT2D eigenvalue weighted by Gasteiger charge is -2.21. The highest BCUT2D eigenvalue weighted by Crippen LogP contribution is 2.31. The summed E-state index contributed by atoms with van der Waals surface area (Å²) in [6.45, 7) is 0.135. The number of thioether (sulfide) groups is 1. The van der Waals surface area contributed by atoms with Crippen LogP contribution in [0.25, 0.3) is 0 Å². The Morgan fingerprint density at radius 3 is 2.82 bits per heavy atom. The minimum atomic E-state index is -1.18. The number of aliphatic hydroxyl groups is 1. The van der Waals surface area contributed by atoms with Gasteiger partial charge in [-0.25, -0.2) is 10.1 Å².